The minimum Gasteiger partial charge on any atom is -0.497 e. The molecule has 7 nitrogen and oxygen atoms in total. The van der Waals surface area contributed by atoms with Crippen LogP contribution in [0.5, 0.6) is 11.5 Å². The van der Waals surface area contributed by atoms with Gasteiger partial charge in [-0.05, 0) is 66.2 Å². The van der Waals surface area contributed by atoms with Gasteiger partial charge in [0.25, 0.3) is 0 Å². The molecule has 0 radical (unpaired) electrons. The maximum atomic E-state index is 13.2. The van der Waals surface area contributed by atoms with E-state index < -0.39 is 5.25 Å². The number of carbonyl (C=O) groups is 2. The van der Waals surface area contributed by atoms with Gasteiger partial charge in [-0.1, -0.05) is 35.5 Å². The van der Waals surface area contributed by atoms with Gasteiger partial charge in [0, 0.05) is 17.1 Å². The second-order valence-electron chi connectivity index (χ2n) is 7.73. The Labute approximate surface area is 213 Å². The molecule has 0 aromatic heterocycles. The number of benzene rings is 3. The second kappa shape index (κ2) is 11.3. The second-order valence-corrected chi connectivity index (χ2v) is 9.33. The van der Waals surface area contributed by atoms with Crippen molar-refractivity contribution in [1.82, 2.24) is 4.90 Å². The van der Waals surface area contributed by atoms with Crippen LogP contribution in [0.1, 0.15) is 12.0 Å². The summed E-state index contributed by atoms with van der Waals surface area (Å²) in [4.78, 5) is 32.5. The number of carbonyl (C=O) groups excluding carboxylic acids is 2. The van der Waals surface area contributed by atoms with E-state index in [0.29, 0.717) is 33.9 Å². The molecule has 1 fully saturated rings. The highest BCUT2D eigenvalue weighted by molar-refractivity contribution is 8.15. The van der Waals surface area contributed by atoms with Crippen LogP contribution < -0.4 is 14.8 Å². The minimum absolute atomic E-state index is 0.0574. The van der Waals surface area contributed by atoms with Crippen molar-refractivity contribution < 1.29 is 19.1 Å². The van der Waals surface area contributed by atoms with Crippen LogP contribution in [-0.4, -0.2) is 41.4 Å². The lowest BCUT2D eigenvalue weighted by Crippen LogP contribution is -2.44. The van der Waals surface area contributed by atoms with Crippen LogP contribution >= 0.6 is 23.4 Å². The van der Waals surface area contributed by atoms with Crippen molar-refractivity contribution in [2.45, 2.75) is 18.2 Å². The Hall–Kier alpha value is -3.49. The monoisotopic (exact) mass is 509 g/mol. The van der Waals surface area contributed by atoms with Crippen molar-refractivity contribution in [2.24, 2.45) is 4.99 Å². The number of aliphatic imine (C=N–C) groups is 1. The van der Waals surface area contributed by atoms with Crippen LogP contribution in [0.4, 0.5) is 11.4 Å². The highest BCUT2D eigenvalue weighted by atomic mass is 35.5. The molecule has 3 aromatic carbocycles. The fraction of sp³-hybridized carbons (Fsp3) is 0.192. The van der Waals surface area contributed by atoms with E-state index in [2.05, 4.69) is 5.32 Å². The Morgan fingerprint density at radius 2 is 1.60 bits per heavy atom. The number of hydrogen-bond donors (Lipinski definition) is 1. The molecule has 0 unspecified atom stereocenters. The van der Waals surface area contributed by atoms with Crippen LogP contribution in [0.25, 0.3) is 0 Å². The number of thioether (sulfide) groups is 1. The van der Waals surface area contributed by atoms with Crippen molar-refractivity contribution in [3.05, 3.63) is 83.4 Å². The van der Waals surface area contributed by atoms with E-state index >= 15 is 0 Å². The minimum atomic E-state index is -0.623. The normalized spacial score (nSPS) is 16.8. The third kappa shape index (κ3) is 6.35. The molecular formula is C26H24ClN3O4S. The van der Waals surface area contributed by atoms with Gasteiger partial charge in [0.05, 0.1) is 26.5 Å². The summed E-state index contributed by atoms with van der Waals surface area (Å²) in [5.41, 5.74) is 2.19. The van der Waals surface area contributed by atoms with Crippen molar-refractivity contribution in [3.8, 4) is 11.5 Å². The van der Waals surface area contributed by atoms with Crippen molar-refractivity contribution in [2.75, 3.05) is 19.5 Å². The van der Waals surface area contributed by atoms with Gasteiger partial charge in [-0.15, -0.1) is 0 Å². The fourth-order valence-corrected chi connectivity index (χ4v) is 4.66. The van der Waals surface area contributed by atoms with Gasteiger partial charge in [0.15, 0.2) is 5.17 Å². The molecule has 9 heteroatoms. The first kappa shape index (κ1) is 24.6. The van der Waals surface area contributed by atoms with Crippen molar-refractivity contribution >= 4 is 51.7 Å². The Kier molecular flexibility index (Phi) is 7.94. The fourth-order valence-electron chi connectivity index (χ4n) is 3.43. The van der Waals surface area contributed by atoms with E-state index in [-0.39, 0.29) is 18.2 Å². The maximum absolute atomic E-state index is 13.2. The summed E-state index contributed by atoms with van der Waals surface area (Å²) in [5, 5.41) is 3.27. The molecule has 35 heavy (non-hydrogen) atoms. The quantitative estimate of drug-likeness (QED) is 0.453. The number of anilines is 1. The zero-order chi connectivity index (χ0) is 24.8. The van der Waals surface area contributed by atoms with Crippen LogP contribution in [-0.2, 0) is 16.1 Å². The van der Waals surface area contributed by atoms with E-state index in [4.69, 9.17) is 26.1 Å². The molecule has 0 saturated carbocycles. The molecule has 1 heterocycles. The van der Waals surface area contributed by atoms with Gasteiger partial charge < -0.3 is 14.8 Å². The maximum Gasteiger partial charge on any atom is 0.238 e. The van der Waals surface area contributed by atoms with E-state index in [1.807, 2.05) is 24.3 Å². The molecular weight excluding hydrogens is 486 g/mol. The Bertz CT molecular complexity index is 1210. The molecule has 0 spiro atoms. The van der Waals surface area contributed by atoms with E-state index in [1.165, 1.54) is 11.8 Å². The molecule has 1 saturated heterocycles. The summed E-state index contributed by atoms with van der Waals surface area (Å²) < 4.78 is 10.4. The number of nitrogens with zero attached hydrogens (tertiary/aromatic N) is 2. The smallest absolute Gasteiger partial charge is 0.238 e. The molecule has 0 aliphatic carbocycles. The van der Waals surface area contributed by atoms with Crippen LogP contribution in [0.3, 0.4) is 0 Å². The van der Waals surface area contributed by atoms with Gasteiger partial charge in [-0.3, -0.25) is 14.5 Å². The highest BCUT2D eigenvalue weighted by Crippen LogP contribution is 2.32. The average molecular weight is 510 g/mol. The molecule has 1 aliphatic rings. The number of hydrogen-bond acceptors (Lipinski definition) is 6. The number of amidine groups is 1. The first-order valence-electron chi connectivity index (χ1n) is 10.8. The van der Waals surface area contributed by atoms with E-state index in [1.54, 1.807) is 67.7 Å². The predicted molar refractivity (Wildman–Crippen MR) is 140 cm³/mol. The first-order chi connectivity index (χ1) is 16.9. The Balaban J connectivity index is 1.58. The Morgan fingerprint density at radius 3 is 2.20 bits per heavy atom. The third-order valence-corrected chi connectivity index (χ3v) is 6.78. The summed E-state index contributed by atoms with van der Waals surface area (Å²) in [6, 6.07) is 21.5. The lowest BCUT2D eigenvalue weighted by molar-refractivity contribution is -0.129. The van der Waals surface area contributed by atoms with Crippen LogP contribution in [0.15, 0.2) is 77.8 Å². The van der Waals surface area contributed by atoms with E-state index in [9.17, 15) is 9.59 Å². The lowest BCUT2D eigenvalue weighted by atomic mass is 10.2. The number of methoxy groups -OCH3 is 2. The molecule has 3 aromatic rings. The summed E-state index contributed by atoms with van der Waals surface area (Å²) in [6.45, 7) is 0.330. The molecule has 1 N–H and O–H groups in total. The predicted octanol–water partition coefficient (Wildman–Crippen LogP) is 5.52. The number of amides is 2. The third-order valence-electron chi connectivity index (χ3n) is 5.34. The zero-order valence-corrected chi connectivity index (χ0v) is 20.8. The van der Waals surface area contributed by atoms with Gasteiger partial charge in [0.1, 0.15) is 16.7 Å². The molecule has 0 bridgehead atoms. The molecule has 4 rings (SSSR count). The number of halogens is 1. The number of ether oxygens (including phenoxy) is 2. The lowest BCUT2D eigenvalue weighted by Gasteiger charge is -2.32. The van der Waals surface area contributed by atoms with Crippen LogP contribution in [0.2, 0.25) is 5.02 Å². The Morgan fingerprint density at radius 1 is 1.00 bits per heavy atom. The average Bonchev–Trinajstić information content (AvgIpc) is 2.88. The zero-order valence-electron chi connectivity index (χ0n) is 19.2. The first-order valence-corrected chi connectivity index (χ1v) is 12.1. The largest absolute Gasteiger partial charge is 0.497 e. The van der Waals surface area contributed by atoms with Gasteiger partial charge in [-0.25, -0.2) is 4.99 Å². The number of rotatable bonds is 7. The van der Waals surface area contributed by atoms with Gasteiger partial charge in [-0.2, -0.15) is 0 Å². The van der Waals surface area contributed by atoms with Crippen molar-refractivity contribution in [3.63, 3.8) is 0 Å². The van der Waals surface area contributed by atoms with Crippen LogP contribution in [0, 0.1) is 0 Å². The standard InChI is InChI=1S/C26H24ClN3O4S/c1-33-21-11-3-17(4-12-21)16-30-24(31)15-23(25(32)28-19-7-5-18(27)6-8-19)35-26(30)29-20-9-13-22(34-2)14-10-20/h3-14,23H,15-16H2,1-2H3,(H,28,32)/t23-/m0/s1. The van der Waals surface area contributed by atoms with Gasteiger partial charge >= 0.3 is 0 Å². The summed E-state index contributed by atoms with van der Waals surface area (Å²) >= 11 is 7.20. The number of nitrogens with one attached hydrogen (secondary N) is 1. The highest BCUT2D eigenvalue weighted by Gasteiger charge is 2.36. The summed E-state index contributed by atoms with van der Waals surface area (Å²) in [6.07, 6.45) is 0.0574. The topological polar surface area (TPSA) is 80.2 Å². The van der Waals surface area contributed by atoms with Gasteiger partial charge in [0.2, 0.25) is 11.8 Å². The summed E-state index contributed by atoms with van der Waals surface area (Å²) in [5.74, 6) is 0.996. The van der Waals surface area contributed by atoms with E-state index in [0.717, 1.165) is 11.3 Å². The molecule has 1 atom stereocenters. The SMILES string of the molecule is COc1ccc(CN2C(=O)C[C@@H](C(=O)Nc3ccc(Cl)cc3)SC2=Nc2ccc(OC)cc2)cc1. The molecule has 180 valence electrons. The molecule has 2 amide bonds. The van der Waals surface area contributed by atoms with Crippen molar-refractivity contribution in [1.29, 1.82) is 0 Å². The summed E-state index contributed by atoms with van der Waals surface area (Å²) in [7, 11) is 3.20. The molecule has 1 aliphatic heterocycles.